The van der Waals surface area contributed by atoms with E-state index in [0.717, 1.165) is 0 Å². The van der Waals surface area contributed by atoms with Gasteiger partial charge in [0.25, 0.3) is 0 Å². The van der Waals surface area contributed by atoms with Gasteiger partial charge in [-0.05, 0) is 35.9 Å². The van der Waals surface area contributed by atoms with Crippen LogP contribution in [0.5, 0.6) is 0 Å². The maximum atomic E-state index is 13.2. The number of aromatic nitrogens is 2. The number of nitrogens with one attached hydrogen (secondary N) is 2. The van der Waals surface area contributed by atoms with Gasteiger partial charge in [0.15, 0.2) is 0 Å². The van der Waals surface area contributed by atoms with E-state index in [1.807, 2.05) is 7.05 Å². The minimum absolute atomic E-state index is 0.337. The first-order valence-electron chi connectivity index (χ1n) is 7.69. The van der Waals surface area contributed by atoms with Crippen molar-refractivity contribution in [2.45, 2.75) is 6.04 Å². The van der Waals surface area contributed by atoms with Crippen LogP contribution in [0.1, 0.15) is 17.4 Å². The number of halogens is 3. The lowest BCUT2D eigenvalue weighted by molar-refractivity contribution is 0.249. The molecule has 0 aliphatic heterocycles. The number of aryl methyl sites for hydroxylation is 1. The molecule has 0 fully saturated rings. The lowest BCUT2D eigenvalue weighted by atomic mass is 10.1. The third-order valence-electron chi connectivity index (χ3n) is 3.77. The maximum Gasteiger partial charge on any atom is 0.320 e. The summed E-state index contributed by atoms with van der Waals surface area (Å²) < 4.78 is 15.0. The molecule has 0 unspecified atom stereocenters. The molecule has 0 aliphatic rings. The lowest BCUT2D eigenvalue weighted by Gasteiger charge is -2.19. The zero-order chi connectivity index (χ0) is 18.7. The van der Waals surface area contributed by atoms with Crippen LogP contribution in [0.25, 0.3) is 0 Å². The molecule has 0 saturated carbocycles. The van der Waals surface area contributed by atoms with Crippen LogP contribution in [0, 0.1) is 5.82 Å². The summed E-state index contributed by atoms with van der Waals surface area (Å²) in [6.07, 6.45) is 3.40. The van der Waals surface area contributed by atoms with Crippen LogP contribution in [0.15, 0.2) is 54.9 Å². The highest BCUT2D eigenvalue weighted by molar-refractivity contribution is 6.42. The van der Waals surface area contributed by atoms with Crippen molar-refractivity contribution in [2.24, 2.45) is 7.05 Å². The molecule has 0 radical (unpaired) electrons. The van der Waals surface area contributed by atoms with E-state index in [9.17, 15) is 9.18 Å². The van der Waals surface area contributed by atoms with Crippen molar-refractivity contribution in [2.75, 3.05) is 5.32 Å². The van der Waals surface area contributed by atoms with Crippen LogP contribution >= 0.6 is 23.2 Å². The van der Waals surface area contributed by atoms with Gasteiger partial charge in [0.05, 0.1) is 10.0 Å². The van der Waals surface area contributed by atoms with Gasteiger partial charge in [0.1, 0.15) is 17.7 Å². The van der Waals surface area contributed by atoms with Gasteiger partial charge < -0.3 is 15.2 Å². The highest BCUT2D eigenvalue weighted by Crippen LogP contribution is 2.25. The number of benzene rings is 2. The number of nitrogens with zero attached hydrogens (tertiary/aromatic N) is 2. The van der Waals surface area contributed by atoms with Gasteiger partial charge in [-0.15, -0.1) is 0 Å². The van der Waals surface area contributed by atoms with Crippen molar-refractivity contribution in [3.8, 4) is 0 Å². The Morgan fingerprint density at radius 3 is 2.50 bits per heavy atom. The number of amides is 2. The molecule has 5 nitrogen and oxygen atoms in total. The van der Waals surface area contributed by atoms with Gasteiger partial charge in [-0.3, -0.25) is 0 Å². The Labute approximate surface area is 159 Å². The fourth-order valence-electron chi connectivity index (χ4n) is 2.48. The number of carbonyl (C=O) groups excluding carboxylic acids is 1. The molecule has 2 aromatic carbocycles. The highest BCUT2D eigenvalue weighted by atomic mass is 35.5. The van der Waals surface area contributed by atoms with Gasteiger partial charge >= 0.3 is 6.03 Å². The molecule has 1 aromatic heterocycles. The number of imidazole rings is 1. The van der Waals surface area contributed by atoms with E-state index in [4.69, 9.17) is 23.2 Å². The molecule has 0 saturated heterocycles. The number of urea groups is 1. The van der Waals surface area contributed by atoms with E-state index in [0.29, 0.717) is 27.1 Å². The molecule has 8 heteroatoms. The number of anilines is 1. The molecule has 3 aromatic rings. The van der Waals surface area contributed by atoms with Crippen molar-refractivity contribution in [3.63, 3.8) is 0 Å². The third-order valence-corrected chi connectivity index (χ3v) is 4.51. The predicted molar refractivity (Wildman–Crippen MR) is 100 cm³/mol. The van der Waals surface area contributed by atoms with Crippen molar-refractivity contribution in [3.05, 3.63) is 82.1 Å². The highest BCUT2D eigenvalue weighted by Gasteiger charge is 2.21. The van der Waals surface area contributed by atoms with Gasteiger partial charge in [0.2, 0.25) is 0 Å². The summed E-state index contributed by atoms with van der Waals surface area (Å²) in [6, 6.07) is 9.66. The monoisotopic (exact) mass is 392 g/mol. The summed E-state index contributed by atoms with van der Waals surface area (Å²) in [4.78, 5) is 16.7. The predicted octanol–water partition coefficient (Wildman–Crippen LogP) is 4.78. The largest absolute Gasteiger partial charge is 0.336 e. The summed E-state index contributed by atoms with van der Waals surface area (Å²) in [7, 11) is 1.82. The molecule has 1 heterocycles. The quantitative estimate of drug-likeness (QED) is 0.671. The maximum absolute atomic E-state index is 13.2. The molecule has 134 valence electrons. The average Bonchev–Trinajstić information content (AvgIpc) is 3.03. The fraction of sp³-hybridized carbons (Fsp3) is 0.111. The Balaban J connectivity index is 1.83. The first-order chi connectivity index (χ1) is 12.4. The standard InChI is InChI=1S/C18H15Cl2FN4O/c1-25-9-8-22-17(25)16(11-2-4-12(21)5-3-11)24-18(26)23-13-6-7-14(19)15(20)10-13/h2-10,16H,1H3,(H2,23,24,26)/t16-/m0/s1. The smallest absolute Gasteiger partial charge is 0.320 e. The second-order valence-electron chi connectivity index (χ2n) is 5.61. The SMILES string of the molecule is Cn1ccnc1[C@@H](NC(=O)Nc1ccc(Cl)c(Cl)c1)c1ccc(F)cc1. The number of hydrogen-bond donors (Lipinski definition) is 2. The van der Waals surface area contributed by atoms with Crippen LogP contribution in [0.4, 0.5) is 14.9 Å². The second-order valence-corrected chi connectivity index (χ2v) is 6.42. The Morgan fingerprint density at radius 1 is 1.15 bits per heavy atom. The summed E-state index contributed by atoms with van der Waals surface area (Å²) in [5, 5.41) is 6.28. The third kappa shape index (κ3) is 4.15. The fourth-order valence-corrected chi connectivity index (χ4v) is 2.78. The zero-order valence-electron chi connectivity index (χ0n) is 13.7. The Kier molecular flexibility index (Phi) is 5.44. The normalized spacial score (nSPS) is 11.8. The average molecular weight is 393 g/mol. The van der Waals surface area contributed by atoms with E-state index in [2.05, 4.69) is 15.6 Å². The van der Waals surface area contributed by atoms with Crippen molar-refractivity contribution in [1.82, 2.24) is 14.9 Å². The van der Waals surface area contributed by atoms with Crippen LogP contribution < -0.4 is 10.6 Å². The molecule has 3 rings (SSSR count). The summed E-state index contributed by atoms with van der Waals surface area (Å²) >= 11 is 11.8. The van der Waals surface area contributed by atoms with Crippen LogP contribution in [-0.2, 0) is 7.05 Å². The molecule has 1 atom stereocenters. The van der Waals surface area contributed by atoms with E-state index in [-0.39, 0.29) is 5.82 Å². The molecule has 2 N–H and O–H groups in total. The van der Waals surface area contributed by atoms with E-state index < -0.39 is 12.1 Å². The minimum Gasteiger partial charge on any atom is -0.336 e. The number of carbonyl (C=O) groups is 1. The molecule has 26 heavy (non-hydrogen) atoms. The van der Waals surface area contributed by atoms with E-state index in [1.54, 1.807) is 47.3 Å². The summed E-state index contributed by atoms with van der Waals surface area (Å²) in [6.45, 7) is 0. The van der Waals surface area contributed by atoms with Gasteiger partial charge in [-0.25, -0.2) is 14.2 Å². The molecule has 0 aliphatic carbocycles. The Morgan fingerprint density at radius 2 is 1.88 bits per heavy atom. The zero-order valence-corrected chi connectivity index (χ0v) is 15.2. The molecular formula is C18H15Cl2FN4O. The topological polar surface area (TPSA) is 59.0 Å². The van der Waals surface area contributed by atoms with Crippen molar-refractivity contribution < 1.29 is 9.18 Å². The second kappa shape index (κ2) is 7.76. The van der Waals surface area contributed by atoms with Gasteiger partial charge in [-0.1, -0.05) is 35.3 Å². The van der Waals surface area contributed by atoms with Crippen LogP contribution in [-0.4, -0.2) is 15.6 Å². The minimum atomic E-state index is -0.557. The first-order valence-corrected chi connectivity index (χ1v) is 8.45. The molecule has 0 bridgehead atoms. The van der Waals surface area contributed by atoms with Crippen LogP contribution in [0.2, 0.25) is 10.0 Å². The van der Waals surface area contributed by atoms with E-state index in [1.165, 1.54) is 12.1 Å². The molecule has 2 amide bonds. The van der Waals surface area contributed by atoms with Gasteiger partial charge in [0, 0.05) is 25.1 Å². The first kappa shape index (κ1) is 18.2. The van der Waals surface area contributed by atoms with Crippen LogP contribution in [0.3, 0.4) is 0 Å². The lowest BCUT2D eigenvalue weighted by Crippen LogP contribution is -2.34. The summed E-state index contributed by atoms with van der Waals surface area (Å²) in [5.41, 5.74) is 1.19. The van der Waals surface area contributed by atoms with Gasteiger partial charge in [-0.2, -0.15) is 0 Å². The Bertz CT molecular complexity index is 927. The summed E-state index contributed by atoms with van der Waals surface area (Å²) in [5.74, 6) is 0.258. The number of hydrogen-bond acceptors (Lipinski definition) is 2. The van der Waals surface area contributed by atoms with Crippen molar-refractivity contribution >= 4 is 34.9 Å². The molecular weight excluding hydrogens is 378 g/mol. The molecule has 0 spiro atoms. The van der Waals surface area contributed by atoms with E-state index >= 15 is 0 Å². The number of rotatable bonds is 4. The van der Waals surface area contributed by atoms with Crippen molar-refractivity contribution in [1.29, 1.82) is 0 Å². The Hall–Kier alpha value is -2.57.